The molecule has 2 aliphatic heterocycles. The minimum Gasteiger partial charge on any atom is -0.464 e. The summed E-state index contributed by atoms with van der Waals surface area (Å²) in [5.41, 5.74) is -0.693. The van der Waals surface area contributed by atoms with Crippen LogP contribution in [-0.2, 0) is 14.3 Å². The van der Waals surface area contributed by atoms with E-state index in [1.165, 1.54) is 0 Å². The van der Waals surface area contributed by atoms with Gasteiger partial charge in [-0.1, -0.05) is 0 Å². The van der Waals surface area contributed by atoms with Crippen LogP contribution in [0, 0.1) is 5.92 Å². The fourth-order valence-electron chi connectivity index (χ4n) is 2.36. The molecule has 78 valence electrons. The predicted octanol–water partition coefficient (Wildman–Crippen LogP) is 0.608. The third-order valence-corrected chi connectivity index (χ3v) is 3.24. The van der Waals surface area contributed by atoms with Gasteiger partial charge in [0.25, 0.3) is 0 Å². The lowest BCUT2D eigenvalue weighted by Gasteiger charge is -2.44. The highest BCUT2D eigenvalue weighted by Gasteiger charge is 2.50. The molecule has 2 saturated heterocycles. The van der Waals surface area contributed by atoms with E-state index in [0.717, 1.165) is 25.7 Å². The summed E-state index contributed by atoms with van der Waals surface area (Å²) < 4.78 is 4.99. The van der Waals surface area contributed by atoms with Crippen LogP contribution in [0.15, 0.2) is 0 Å². The van der Waals surface area contributed by atoms with Crippen LogP contribution in [0.2, 0.25) is 0 Å². The van der Waals surface area contributed by atoms with Crippen LogP contribution >= 0.6 is 0 Å². The van der Waals surface area contributed by atoms with Gasteiger partial charge >= 0.3 is 5.97 Å². The average Bonchev–Trinajstić information content (AvgIpc) is 2.19. The summed E-state index contributed by atoms with van der Waals surface area (Å²) in [6.45, 7) is 2.16. The van der Waals surface area contributed by atoms with Crippen molar-refractivity contribution in [1.82, 2.24) is 5.32 Å². The molecule has 2 heterocycles. The van der Waals surface area contributed by atoms with E-state index in [2.05, 4.69) is 5.32 Å². The van der Waals surface area contributed by atoms with Gasteiger partial charge in [-0.25, -0.2) is 4.79 Å². The smallest absolute Gasteiger partial charge is 0.331 e. The van der Waals surface area contributed by atoms with Crippen molar-refractivity contribution >= 4 is 11.9 Å². The van der Waals surface area contributed by atoms with Gasteiger partial charge in [-0.05, 0) is 32.6 Å². The largest absolute Gasteiger partial charge is 0.464 e. The molecule has 4 heteroatoms. The molecule has 0 atom stereocenters. The first-order valence-corrected chi connectivity index (χ1v) is 5.17. The lowest BCUT2D eigenvalue weighted by Crippen LogP contribution is -2.63. The van der Waals surface area contributed by atoms with Gasteiger partial charge in [0.15, 0.2) is 0 Å². The Morgan fingerprint density at radius 3 is 2.71 bits per heavy atom. The van der Waals surface area contributed by atoms with Crippen LogP contribution < -0.4 is 5.32 Å². The molecule has 1 aliphatic carbocycles. The van der Waals surface area contributed by atoms with E-state index in [1.807, 2.05) is 0 Å². The van der Waals surface area contributed by atoms with Crippen molar-refractivity contribution in [2.24, 2.45) is 5.92 Å². The van der Waals surface area contributed by atoms with Gasteiger partial charge in [-0.2, -0.15) is 0 Å². The van der Waals surface area contributed by atoms with Crippen LogP contribution in [0.1, 0.15) is 32.6 Å². The summed E-state index contributed by atoms with van der Waals surface area (Å²) in [6, 6.07) is 0. The number of esters is 1. The SMILES string of the molecule is CCOC(=O)C12CCC(CC1)C(=O)N2. The number of fused-ring (bicyclic) bond motifs is 3. The van der Waals surface area contributed by atoms with E-state index in [9.17, 15) is 9.59 Å². The first-order chi connectivity index (χ1) is 6.68. The average molecular weight is 197 g/mol. The number of rotatable bonds is 2. The third-order valence-electron chi connectivity index (χ3n) is 3.24. The van der Waals surface area contributed by atoms with Crippen molar-refractivity contribution in [3.63, 3.8) is 0 Å². The molecule has 3 rings (SSSR count). The van der Waals surface area contributed by atoms with E-state index in [4.69, 9.17) is 4.74 Å². The highest BCUT2D eigenvalue weighted by molar-refractivity contribution is 5.91. The van der Waals surface area contributed by atoms with E-state index < -0.39 is 5.54 Å². The third kappa shape index (κ3) is 1.29. The number of ether oxygens (including phenoxy) is 1. The zero-order chi connectivity index (χ0) is 10.2. The monoisotopic (exact) mass is 197 g/mol. The van der Waals surface area contributed by atoms with Gasteiger partial charge in [-0.3, -0.25) is 4.79 Å². The van der Waals surface area contributed by atoms with Gasteiger partial charge in [0.1, 0.15) is 5.54 Å². The second kappa shape index (κ2) is 3.26. The van der Waals surface area contributed by atoms with Crippen LogP contribution in [0.25, 0.3) is 0 Å². The van der Waals surface area contributed by atoms with Crippen molar-refractivity contribution in [1.29, 1.82) is 0 Å². The molecule has 0 spiro atoms. The van der Waals surface area contributed by atoms with Gasteiger partial charge in [0, 0.05) is 5.92 Å². The van der Waals surface area contributed by atoms with Crippen molar-refractivity contribution in [3.05, 3.63) is 0 Å². The highest BCUT2D eigenvalue weighted by Crippen LogP contribution is 2.38. The first-order valence-electron chi connectivity index (χ1n) is 5.17. The number of amides is 1. The summed E-state index contributed by atoms with van der Waals surface area (Å²) >= 11 is 0. The Balaban J connectivity index is 2.14. The lowest BCUT2D eigenvalue weighted by atomic mass is 9.71. The van der Waals surface area contributed by atoms with Gasteiger partial charge in [-0.15, -0.1) is 0 Å². The minimum atomic E-state index is -0.693. The number of carbonyl (C=O) groups is 2. The molecule has 0 aromatic rings. The molecule has 0 aromatic heterocycles. The van der Waals surface area contributed by atoms with E-state index >= 15 is 0 Å². The zero-order valence-corrected chi connectivity index (χ0v) is 8.34. The number of nitrogens with one attached hydrogen (secondary N) is 1. The fraction of sp³-hybridized carbons (Fsp3) is 0.800. The molecular formula is C10H15NO3. The second-order valence-electron chi connectivity index (χ2n) is 4.07. The molecule has 0 radical (unpaired) electrons. The summed E-state index contributed by atoms with van der Waals surface area (Å²) in [4.78, 5) is 23.1. The predicted molar refractivity (Wildman–Crippen MR) is 49.5 cm³/mol. The van der Waals surface area contributed by atoms with Gasteiger partial charge in [0.05, 0.1) is 6.61 Å². The van der Waals surface area contributed by atoms with Crippen molar-refractivity contribution in [2.45, 2.75) is 38.1 Å². The summed E-state index contributed by atoms with van der Waals surface area (Å²) in [7, 11) is 0. The molecular weight excluding hydrogens is 182 g/mol. The van der Waals surface area contributed by atoms with Crippen LogP contribution in [0.3, 0.4) is 0 Å². The first kappa shape index (κ1) is 9.49. The van der Waals surface area contributed by atoms with Crippen molar-refractivity contribution in [2.75, 3.05) is 6.61 Å². The molecule has 3 aliphatic rings. The molecule has 0 unspecified atom stereocenters. The van der Waals surface area contributed by atoms with E-state index in [1.54, 1.807) is 6.92 Å². The summed E-state index contributed by atoms with van der Waals surface area (Å²) in [5.74, 6) is -0.103. The number of hydrogen-bond acceptors (Lipinski definition) is 3. The minimum absolute atomic E-state index is 0.0237. The van der Waals surface area contributed by atoms with Crippen LogP contribution in [0.5, 0.6) is 0 Å². The molecule has 2 bridgehead atoms. The maximum absolute atomic E-state index is 11.7. The summed E-state index contributed by atoms with van der Waals surface area (Å²) in [6.07, 6.45) is 3.12. The normalized spacial score (nSPS) is 35.2. The lowest BCUT2D eigenvalue weighted by molar-refractivity contribution is -0.160. The molecule has 4 nitrogen and oxygen atoms in total. The number of hydrogen-bond donors (Lipinski definition) is 1. The second-order valence-corrected chi connectivity index (χ2v) is 4.07. The standard InChI is InChI=1S/C10H15NO3/c1-2-14-9(13)10-5-3-7(4-6-10)8(12)11-10/h7H,2-6H2,1H3,(H,11,12). The van der Waals surface area contributed by atoms with Crippen LogP contribution in [0.4, 0.5) is 0 Å². The summed E-state index contributed by atoms with van der Waals surface area (Å²) in [5, 5.41) is 2.80. The Kier molecular flexibility index (Phi) is 2.21. The number of carbonyl (C=O) groups excluding carboxylic acids is 2. The Labute approximate surface area is 83.0 Å². The molecule has 1 N–H and O–H groups in total. The molecule has 14 heavy (non-hydrogen) atoms. The Morgan fingerprint density at radius 1 is 1.57 bits per heavy atom. The maximum atomic E-state index is 11.7. The molecule has 0 aromatic carbocycles. The molecule has 3 fully saturated rings. The Morgan fingerprint density at radius 2 is 2.21 bits per heavy atom. The van der Waals surface area contributed by atoms with Crippen molar-refractivity contribution in [3.8, 4) is 0 Å². The van der Waals surface area contributed by atoms with E-state index in [-0.39, 0.29) is 17.8 Å². The van der Waals surface area contributed by atoms with Gasteiger partial charge in [0.2, 0.25) is 5.91 Å². The van der Waals surface area contributed by atoms with Crippen LogP contribution in [-0.4, -0.2) is 24.0 Å². The maximum Gasteiger partial charge on any atom is 0.331 e. The zero-order valence-electron chi connectivity index (χ0n) is 8.34. The quantitative estimate of drug-likeness (QED) is 0.660. The Bertz CT molecular complexity index is 267. The molecule has 1 amide bonds. The molecule has 1 saturated carbocycles. The highest BCUT2D eigenvalue weighted by atomic mass is 16.5. The van der Waals surface area contributed by atoms with Crippen molar-refractivity contribution < 1.29 is 14.3 Å². The number of piperidine rings is 2. The Hall–Kier alpha value is -1.06. The topological polar surface area (TPSA) is 55.4 Å². The van der Waals surface area contributed by atoms with E-state index in [0.29, 0.717) is 6.61 Å². The fourth-order valence-corrected chi connectivity index (χ4v) is 2.36. The van der Waals surface area contributed by atoms with Gasteiger partial charge < -0.3 is 10.1 Å².